The van der Waals surface area contributed by atoms with Gasteiger partial charge in [0, 0.05) is 25.7 Å². The molecule has 0 bridgehead atoms. The summed E-state index contributed by atoms with van der Waals surface area (Å²) < 4.78 is 31.5. The first-order valence-electron chi connectivity index (χ1n) is 8.80. The molecule has 0 atom stereocenters. The second-order valence-corrected chi connectivity index (χ2v) is 7.77. The summed E-state index contributed by atoms with van der Waals surface area (Å²) in [6, 6.07) is 10.1. The zero-order valence-corrected chi connectivity index (χ0v) is 16.6. The number of pyridine rings is 1. The average Bonchev–Trinajstić information content (AvgIpc) is 2.68. The van der Waals surface area contributed by atoms with Crippen LogP contribution < -0.4 is 10.1 Å². The lowest BCUT2D eigenvalue weighted by molar-refractivity contribution is -0.116. The van der Waals surface area contributed by atoms with Gasteiger partial charge in [0.05, 0.1) is 12.0 Å². The molecule has 1 aromatic carbocycles. The number of carbonyl (C=O) groups excluding carboxylic acids is 1. The Morgan fingerprint density at radius 3 is 2.41 bits per heavy atom. The molecule has 8 heteroatoms. The molecule has 0 saturated carbocycles. The van der Waals surface area contributed by atoms with Crippen LogP contribution in [0.15, 0.2) is 47.5 Å². The summed E-state index contributed by atoms with van der Waals surface area (Å²) in [5.41, 5.74) is 0.886. The van der Waals surface area contributed by atoms with Crippen molar-refractivity contribution in [3.05, 3.63) is 48.2 Å². The molecule has 0 radical (unpaired) electrons. The Hall–Kier alpha value is -2.45. The van der Waals surface area contributed by atoms with E-state index in [1.165, 1.54) is 11.4 Å². The number of nitrogens with one attached hydrogen (secondary N) is 1. The van der Waals surface area contributed by atoms with Gasteiger partial charge in [-0.15, -0.1) is 0 Å². The molecular weight excluding hydrogens is 366 g/mol. The number of aromatic nitrogens is 1. The second kappa shape index (κ2) is 9.48. The van der Waals surface area contributed by atoms with Crippen LogP contribution in [0.5, 0.6) is 5.75 Å². The molecule has 0 fully saturated rings. The monoisotopic (exact) mass is 391 g/mol. The topological polar surface area (TPSA) is 88.6 Å². The van der Waals surface area contributed by atoms with E-state index in [4.69, 9.17) is 4.74 Å². The van der Waals surface area contributed by atoms with Gasteiger partial charge in [-0.2, -0.15) is 4.31 Å². The quantitative estimate of drug-likeness (QED) is 0.710. The molecule has 2 rings (SSSR count). The summed E-state index contributed by atoms with van der Waals surface area (Å²) in [4.78, 5) is 16.5. The van der Waals surface area contributed by atoms with Gasteiger partial charge in [-0.05, 0) is 36.2 Å². The molecule has 1 amide bonds. The first-order valence-corrected chi connectivity index (χ1v) is 10.2. The molecule has 0 spiro atoms. The fourth-order valence-electron chi connectivity index (χ4n) is 2.64. The maximum Gasteiger partial charge on any atom is 0.243 e. The van der Waals surface area contributed by atoms with E-state index in [0.29, 0.717) is 31.1 Å². The SMILES string of the molecule is CCN(CC)S(=O)(=O)c1ccc(CCC(=O)Nc2ncccc2OC)cc1. The highest BCUT2D eigenvalue weighted by atomic mass is 32.2. The van der Waals surface area contributed by atoms with E-state index >= 15 is 0 Å². The number of nitrogens with zero attached hydrogens (tertiary/aromatic N) is 2. The van der Waals surface area contributed by atoms with Crippen LogP contribution >= 0.6 is 0 Å². The molecule has 0 aliphatic rings. The summed E-state index contributed by atoms with van der Waals surface area (Å²) >= 11 is 0. The second-order valence-electron chi connectivity index (χ2n) is 5.84. The van der Waals surface area contributed by atoms with E-state index in [1.807, 2.05) is 13.8 Å². The van der Waals surface area contributed by atoms with Gasteiger partial charge in [-0.1, -0.05) is 26.0 Å². The van der Waals surface area contributed by atoms with Crippen molar-refractivity contribution >= 4 is 21.7 Å². The molecular formula is C19H25N3O4S. The highest BCUT2D eigenvalue weighted by Crippen LogP contribution is 2.20. The minimum Gasteiger partial charge on any atom is -0.493 e. The Morgan fingerprint density at radius 2 is 1.81 bits per heavy atom. The van der Waals surface area contributed by atoms with Gasteiger partial charge >= 0.3 is 0 Å². The Morgan fingerprint density at radius 1 is 1.15 bits per heavy atom. The van der Waals surface area contributed by atoms with Gasteiger partial charge in [-0.3, -0.25) is 4.79 Å². The number of sulfonamides is 1. The van der Waals surface area contributed by atoms with Crippen LogP contribution in [-0.4, -0.2) is 43.8 Å². The lowest BCUT2D eigenvalue weighted by Crippen LogP contribution is -2.30. The van der Waals surface area contributed by atoms with Crippen LogP contribution in [0.2, 0.25) is 0 Å². The van der Waals surface area contributed by atoms with Crippen LogP contribution in [0.25, 0.3) is 0 Å². The molecule has 0 aliphatic heterocycles. The fraction of sp³-hybridized carbons (Fsp3) is 0.368. The third-order valence-electron chi connectivity index (χ3n) is 4.16. The number of carbonyl (C=O) groups is 1. The number of hydrogen-bond donors (Lipinski definition) is 1. The van der Waals surface area contributed by atoms with Crippen LogP contribution in [0.4, 0.5) is 5.82 Å². The zero-order chi connectivity index (χ0) is 19.9. The number of methoxy groups -OCH3 is 1. The minimum atomic E-state index is -3.47. The van der Waals surface area contributed by atoms with Crippen molar-refractivity contribution in [2.24, 2.45) is 0 Å². The molecule has 1 heterocycles. The number of aryl methyl sites for hydroxylation is 1. The molecule has 0 saturated heterocycles. The van der Waals surface area contributed by atoms with Gasteiger partial charge in [0.1, 0.15) is 0 Å². The first kappa shape index (κ1) is 20.9. The number of benzene rings is 1. The minimum absolute atomic E-state index is 0.188. The van der Waals surface area contributed by atoms with E-state index in [-0.39, 0.29) is 17.2 Å². The van der Waals surface area contributed by atoms with Crippen LogP contribution in [0.1, 0.15) is 25.8 Å². The Balaban J connectivity index is 1.98. The number of anilines is 1. The molecule has 0 aliphatic carbocycles. The molecule has 7 nitrogen and oxygen atoms in total. The number of rotatable bonds is 9. The largest absolute Gasteiger partial charge is 0.493 e. The molecule has 1 aromatic heterocycles. The van der Waals surface area contributed by atoms with Gasteiger partial charge < -0.3 is 10.1 Å². The smallest absolute Gasteiger partial charge is 0.243 e. The number of hydrogen-bond acceptors (Lipinski definition) is 5. The van der Waals surface area contributed by atoms with E-state index in [2.05, 4.69) is 10.3 Å². The van der Waals surface area contributed by atoms with E-state index in [9.17, 15) is 13.2 Å². The van der Waals surface area contributed by atoms with Crippen LogP contribution in [0, 0.1) is 0 Å². The summed E-state index contributed by atoms with van der Waals surface area (Å²) in [5.74, 6) is 0.689. The van der Waals surface area contributed by atoms with E-state index < -0.39 is 10.0 Å². The lowest BCUT2D eigenvalue weighted by Gasteiger charge is -2.18. The highest BCUT2D eigenvalue weighted by Gasteiger charge is 2.21. The van der Waals surface area contributed by atoms with Crippen molar-refractivity contribution in [1.29, 1.82) is 0 Å². The van der Waals surface area contributed by atoms with Gasteiger partial charge in [0.25, 0.3) is 0 Å². The zero-order valence-electron chi connectivity index (χ0n) is 15.8. The summed E-state index contributed by atoms with van der Waals surface area (Å²) in [6.07, 6.45) is 2.32. The summed E-state index contributed by atoms with van der Waals surface area (Å²) in [7, 11) is -1.95. The van der Waals surface area contributed by atoms with Gasteiger partial charge in [0.2, 0.25) is 15.9 Å². The van der Waals surface area contributed by atoms with E-state index in [0.717, 1.165) is 5.56 Å². The maximum atomic E-state index is 12.5. The number of ether oxygens (including phenoxy) is 1. The van der Waals surface area contributed by atoms with Crippen molar-refractivity contribution in [3.63, 3.8) is 0 Å². The fourth-order valence-corrected chi connectivity index (χ4v) is 4.10. The van der Waals surface area contributed by atoms with Crippen LogP contribution in [0.3, 0.4) is 0 Å². The molecule has 2 aromatic rings. The normalized spacial score (nSPS) is 11.4. The number of amides is 1. The average molecular weight is 391 g/mol. The molecule has 1 N–H and O–H groups in total. The standard InChI is InChI=1S/C19H25N3O4S/c1-4-22(5-2)27(24,25)16-11-8-15(9-12-16)10-13-18(23)21-19-17(26-3)7-6-14-20-19/h6-9,11-12,14H,4-5,10,13H2,1-3H3,(H,20,21,23). The summed E-state index contributed by atoms with van der Waals surface area (Å²) in [5, 5.41) is 2.72. The van der Waals surface area contributed by atoms with Crippen molar-refractivity contribution in [2.45, 2.75) is 31.6 Å². The van der Waals surface area contributed by atoms with Crippen molar-refractivity contribution < 1.29 is 17.9 Å². The lowest BCUT2D eigenvalue weighted by atomic mass is 10.1. The van der Waals surface area contributed by atoms with E-state index in [1.54, 1.807) is 42.6 Å². The maximum absolute atomic E-state index is 12.5. The predicted molar refractivity (Wildman–Crippen MR) is 104 cm³/mol. The summed E-state index contributed by atoms with van der Waals surface area (Å²) in [6.45, 7) is 4.48. The van der Waals surface area contributed by atoms with Crippen molar-refractivity contribution in [2.75, 3.05) is 25.5 Å². The Labute approximate surface area is 160 Å². The molecule has 27 heavy (non-hydrogen) atoms. The van der Waals surface area contributed by atoms with Crippen molar-refractivity contribution in [1.82, 2.24) is 9.29 Å². The Bertz CT molecular complexity index is 863. The van der Waals surface area contributed by atoms with Gasteiger partial charge in [-0.25, -0.2) is 13.4 Å². The van der Waals surface area contributed by atoms with Gasteiger partial charge in [0.15, 0.2) is 11.6 Å². The first-order chi connectivity index (χ1) is 12.9. The molecule has 0 unspecified atom stereocenters. The predicted octanol–water partition coefficient (Wildman–Crippen LogP) is 2.69. The highest BCUT2D eigenvalue weighted by molar-refractivity contribution is 7.89. The van der Waals surface area contributed by atoms with Crippen LogP contribution in [-0.2, 0) is 21.2 Å². The van der Waals surface area contributed by atoms with Crippen molar-refractivity contribution in [3.8, 4) is 5.75 Å². The Kier molecular flexibility index (Phi) is 7.32. The third-order valence-corrected chi connectivity index (χ3v) is 6.22. The molecule has 146 valence electrons. The third kappa shape index (κ3) is 5.27.